The van der Waals surface area contributed by atoms with Crippen LogP contribution >= 0.6 is 0 Å². The maximum absolute atomic E-state index is 12.3. The highest BCUT2D eigenvalue weighted by molar-refractivity contribution is 5.73. The van der Waals surface area contributed by atoms with E-state index in [0.717, 1.165) is 167 Å². The third kappa shape index (κ3) is 33.5. The standard InChI is InChI=1S/C24H34O7.2C23H32O7.2C22H30O7/c1-3-17(25)8-9-18-19-10-15-6-5-7-21(30-13-23(26)27)20(15)11-16(19)12-22(18)31-24(28)14-29-4-2;1-3-16(24)7-8-17-18-9-14-5-4-6-20(29-12-22(25)26)19(14)10-15(18)11-21(17)30-23(27)13-28-2;1-3-16(24)8-9-17-18-10-14-6-5-7-20(29-13-22(25)26)19(14)11-15(18)12-21(17)30-23(27)28-4-2;1-3-15(23)7-8-16-17-9-13-5-4-6-19(28-12-21(24)25)18(13)10-14(17)11-20(16)29-22(26)27-2;1-2-15(24)6-7-16-17-8-13-4-3-5-19(28-12-21(25)26)18(13)9-14(17)10-20(16)29-22(27)11-23/h5-7,16-19,22,25H,3-4,8-14H2,1-2H3,(H,26,27);4-6,15-18,21,24H,3,7-13H2,1-2H3,(H,25,26);5-7,15-18,21,24H,3-4,8-13H2,1-2H3,(H,25,26);4-6,14-17,20,23H,3,7-12H2,1-2H3,(H,24,25);3-5,14-17,20,23-24H,2,6-12H2,1H3,(H,25,26)/t16-,17-,18+,19-,22+;2*15-,16-,17+,18-,21+;2*14-,15-,16+,17-,20+/m00000/s1. The molecule has 5 aromatic carbocycles. The van der Waals surface area contributed by atoms with Crippen molar-refractivity contribution < 1.29 is 170 Å². The first-order valence-corrected chi connectivity index (χ1v) is 53.6. The number of methoxy groups -OCH3 is 2. The van der Waals surface area contributed by atoms with Crippen LogP contribution in [0.25, 0.3) is 0 Å². The van der Waals surface area contributed by atoms with Gasteiger partial charge in [0.25, 0.3) is 0 Å². The molecule has 11 N–H and O–H groups in total. The zero-order chi connectivity index (χ0) is 108. The Hall–Kier alpha value is -10.9. The Morgan fingerprint density at radius 2 is 0.530 bits per heavy atom. The number of carboxylic acids is 5. The van der Waals surface area contributed by atoms with Gasteiger partial charge in [0.15, 0.2) is 33.0 Å². The van der Waals surface area contributed by atoms with Crippen LogP contribution in [0.2, 0.25) is 0 Å². The van der Waals surface area contributed by atoms with Gasteiger partial charge in [-0.3, -0.25) is 0 Å². The Labute approximate surface area is 872 Å². The predicted octanol–water partition coefficient (Wildman–Crippen LogP) is 14.4. The van der Waals surface area contributed by atoms with Gasteiger partial charge in [-0.15, -0.1) is 0 Å². The molecule has 149 heavy (non-hydrogen) atoms. The molecule has 0 radical (unpaired) electrons. The molecule has 25 atom stereocenters. The fourth-order valence-electron chi connectivity index (χ4n) is 25.2. The quantitative estimate of drug-likeness (QED) is 0.0127. The van der Waals surface area contributed by atoms with Crippen molar-refractivity contribution in [3.8, 4) is 28.7 Å². The highest BCUT2D eigenvalue weighted by Gasteiger charge is 2.54. The summed E-state index contributed by atoms with van der Waals surface area (Å²) in [6.45, 7) is 11.6. The first kappa shape index (κ1) is 118. The predicted molar refractivity (Wildman–Crippen MR) is 542 cm³/mol. The summed E-state index contributed by atoms with van der Waals surface area (Å²) >= 11 is 0. The van der Waals surface area contributed by atoms with Gasteiger partial charge in [-0.05, 0) is 381 Å². The van der Waals surface area contributed by atoms with Crippen LogP contribution in [0.4, 0.5) is 9.59 Å². The highest BCUT2D eigenvalue weighted by Crippen LogP contribution is 2.56. The molecular weight excluding hydrogens is 1930 g/mol. The van der Waals surface area contributed by atoms with Crippen molar-refractivity contribution in [1.29, 1.82) is 0 Å². The van der Waals surface area contributed by atoms with Crippen molar-refractivity contribution in [2.75, 3.05) is 80.3 Å². The first-order valence-electron chi connectivity index (χ1n) is 53.6. The lowest BCUT2D eigenvalue weighted by Crippen LogP contribution is -2.30. The molecule has 0 unspecified atom stereocenters. The number of ether oxygens (including phenoxy) is 14. The van der Waals surface area contributed by atoms with E-state index in [1.165, 1.54) is 25.3 Å². The molecule has 35 nitrogen and oxygen atoms in total. The van der Waals surface area contributed by atoms with Gasteiger partial charge in [-0.25, -0.2) is 47.9 Å². The fourth-order valence-corrected chi connectivity index (χ4v) is 25.2. The highest BCUT2D eigenvalue weighted by atomic mass is 16.7. The molecule has 10 aliphatic rings. The van der Waals surface area contributed by atoms with Crippen molar-refractivity contribution in [3.63, 3.8) is 0 Å². The minimum absolute atomic E-state index is 0.0416. The molecule has 5 saturated carbocycles. The molecule has 5 aromatic rings. The van der Waals surface area contributed by atoms with E-state index in [-0.39, 0.29) is 161 Å². The number of hydrogen-bond acceptors (Lipinski definition) is 30. The SMILES string of the molecule is CCOC(=O)O[C@@H]1C[C@@H]2Cc3c(cccc3OCC(=O)O)C[C@@H]2[C@H]1CC[C@@H](O)CC.CCOCC(=O)O[C@@H]1C[C@@H]2Cc3c(cccc3OCC(=O)O)C[C@@H]2[C@H]1CC[C@@H](O)CC.CC[C@H](O)CC[C@@H]1[C@H]2Cc3cccc(OCC(=O)O)c3C[C@H]2C[C@H]1OC(=O)CO.CC[C@H](O)CC[C@@H]1[C@H]2Cc3cccc(OCC(=O)O)c3C[C@H]2C[C@H]1OC(=O)COC.CC[C@H](O)CC[C@@H]1[C@H]2Cc3cccc(OCC(=O)O)c3C[C@H]2C[C@H]1OC(=O)OC. The molecule has 0 aliphatic heterocycles. The van der Waals surface area contributed by atoms with E-state index in [9.17, 15) is 73.5 Å². The van der Waals surface area contributed by atoms with Crippen molar-refractivity contribution in [2.24, 2.45) is 88.8 Å². The maximum Gasteiger partial charge on any atom is 0.508 e. The number of aliphatic hydroxyl groups excluding tert-OH is 6. The first-order chi connectivity index (χ1) is 71.6. The number of hydrogen-bond donors (Lipinski definition) is 11. The van der Waals surface area contributed by atoms with E-state index in [0.29, 0.717) is 159 Å². The number of carbonyl (C=O) groups excluding carboxylic acids is 5. The molecule has 824 valence electrons. The smallest absolute Gasteiger partial charge is 0.482 e. The van der Waals surface area contributed by atoms with E-state index in [2.05, 4.69) is 24.3 Å². The number of carbonyl (C=O) groups is 10. The lowest BCUT2D eigenvalue weighted by molar-refractivity contribution is -0.157. The summed E-state index contributed by atoms with van der Waals surface area (Å²) in [6.07, 6.45) is 18.4. The summed E-state index contributed by atoms with van der Waals surface area (Å²) in [6, 6.07) is 28.9. The number of esters is 3. The average Bonchev–Trinajstić information content (AvgIpc) is 1.64. The lowest BCUT2D eigenvalue weighted by Gasteiger charge is -2.32. The molecule has 0 spiro atoms. The van der Waals surface area contributed by atoms with Crippen LogP contribution in [0.3, 0.4) is 0 Å². The second kappa shape index (κ2) is 58.6. The minimum atomic E-state index is -1.01. The summed E-state index contributed by atoms with van der Waals surface area (Å²) in [4.78, 5) is 114. The summed E-state index contributed by atoms with van der Waals surface area (Å²) in [5, 5.41) is 104. The van der Waals surface area contributed by atoms with Gasteiger partial charge in [0.2, 0.25) is 0 Å². The number of fused-ring (bicyclic) bond motifs is 10. The molecule has 5 fully saturated rings. The normalized spacial score (nSPS) is 25.9. The average molecular weight is 2090 g/mol. The van der Waals surface area contributed by atoms with Crippen molar-refractivity contribution in [3.05, 3.63) is 147 Å². The van der Waals surface area contributed by atoms with Crippen LogP contribution in [0.15, 0.2) is 91.0 Å². The van der Waals surface area contributed by atoms with Gasteiger partial charge in [0.1, 0.15) is 79.1 Å². The number of aliphatic carboxylic acids is 5. The number of rotatable bonds is 47. The number of benzene rings is 5. The molecule has 0 amide bonds. The molecule has 0 bridgehead atoms. The molecular formula is C114H158O35. The van der Waals surface area contributed by atoms with Crippen LogP contribution in [-0.4, -0.2) is 258 Å². The summed E-state index contributed by atoms with van der Waals surface area (Å²) in [5.74, 6) is 0.941. The summed E-state index contributed by atoms with van der Waals surface area (Å²) < 4.78 is 75.9. The van der Waals surface area contributed by atoms with Crippen molar-refractivity contribution in [1.82, 2.24) is 0 Å². The van der Waals surface area contributed by atoms with Crippen LogP contribution in [0, 0.1) is 88.8 Å². The van der Waals surface area contributed by atoms with Crippen LogP contribution in [-0.2, 0) is 145 Å². The maximum atomic E-state index is 12.3. The second-order valence-electron chi connectivity index (χ2n) is 41.5. The van der Waals surface area contributed by atoms with Gasteiger partial charge in [0, 0.05) is 13.7 Å². The van der Waals surface area contributed by atoms with E-state index >= 15 is 0 Å². The van der Waals surface area contributed by atoms with Crippen LogP contribution in [0.5, 0.6) is 28.7 Å². The van der Waals surface area contributed by atoms with Gasteiger partial charge in [0.05, 0.1) is 44.2 Å². The van der Waals surface area contributed by atoms with Crippen molar-refractivity contribution in [2.45, 2.75) is 302 Å². The fraction of sp³-hybridized carbons (Fsp3) is 0.649. The molecule has 0 aromatic heterocycles. The Balaban J connectivity index is 0.000000177. The third-order valence-electron chi connectivity index (χ3n) is 32.5. The molecule has 10 aliphatic carbocycles. The van der Waals surface area contributed by atoms with E-state index in [4.69, 9.17) is 97.0 Å². The summed E-state index contributed by atoms with van der Waals surface area (Å²) in [7, 11) is 2.78. The molecule has 15 rings (SSSR count). The monoisotopic (exact) mass is 2090 g/mol. The topological polar surface area (TPSA) is 522 Å². The van der Waals surface area contributed by atoms with Crippen LogP contribution < -0.4 is 23.7 Å². The van der Waals surface area contributed by atoms with Gasteiger partial charge in [-0.1, -0.05) is 95.3 Å². The summed E-state index contributed by atoms with van der Waals surface area (Å²) in [5.41, 5.74) is 11.1. The van der Waals surface area contributed by atoms with Crippen LogP contribution in [0.1, 0.15) is 233 Å². The van der Waals surface area contributed by atoms with Gasteiger partial charge >= 0.3 is 60.1 Å². The lowest BCUT2D eigenvalue weighted by atomic mass is 9.73. The zero-order valence-electron chi connectivity index (χ0n) is 87.6. The van der Waals surface area contributed by atoms with E-state index < -0.39 is 54.7 Å². The minimum Gasteiger partial charge on any atom is -0.482 e. The second-order valence-corrected chi connectivity index (χ2v) is 41.5. The largest absolute Gasteiger partial charge is 0.508 e. The van der Waals surface area contributed by atoms with Gasteiger partial charge < -0.3 is 122 Å². The molecule has 0 heterocycles. The Morgan fingerprint density at radius 3 is 0.745 bits per heavy atom. The zero-order valence-corrected chi connectivity index (χ0v) is 87.6. The third-order valence-corrected chi connectivity index (χ3v) is 32.5. The number of carboxylic acid groups (broad SMARTS) is 5. The molecule has 0 saturated heterocycles. The van der Waals surface area contributed by atoms with E-state index in [1.54, 1.807) is 13.0 Å². The Kier molecular flexibility index (Phi) is 46.6. The van der Waals surface area contributed by atoms with Gasteiger partial charge in [-0.2, -0.15) is 0 Å². The van der Waals surface area contributed by atoms with E-state index in [1.807, 2.05) is 102 Å². The molecule has 35 heteroatoms. The Bertz CT molecular complexity index is 4920. The van der Waals surface area contributed by atoms with Crippen molar-refractivity contribution >= 4 is 60.1 Å². The number of aliphatic hydroxyl groups is 6. The Morgan fingerprint density at radius 1 is 0.295 bits per heavy atom.